The normalized spacial score (nSPS) is 17.6. The van der Waals surface area contributed by atoms with Gasteiger partial charge in [0.2, 0.25) is 0 Å². The fourth-order valence-corrected chi connectivity index (χ4v) is 1.97. The number of aliphatic carboxylic acids is 1. The van der Waals surface area contributed by atoms with E-state index in [0.717, 1.165) is 5.56 Å². The number of carbonyl (C=O) groups is 2. The van der Waals surface area contributed by atoms with Gasteiger partial charge in [-0.25, -0.2) is 0 Å². The quantitative estimate of drug-likeness (QED) is 0.849. The first kappa shape index (κ1) is 13.5. The Hall–Kier alpha value is -1.88. The first-order valence-electron chi connectivity index (χ1n) is 6.17. The second-order valence-electron chi connectivity index (χ2n) is 4.83. The van der Waals surface area contributed by atoms with E-state index in [4.69, 9.17) is 4.74 Å². The lowest BCUT2D eigenvalue weighted by Gasteiger charge is -2.13. The fraction of sp³-hybridized carbons (Fsp3) is 0.429. The lowest BCUT2D eigenvalue weighted by molar-refractivity contribution is -0.140. The van der Waals surface area contributed by atoms with Gasteiger partial charge in [-0.2, -0.15) is 0 Å². The van der Waals surface area contributed by atoms with Crippen LogP contribution in [0.15, 0.2) is 24.3 Å². The molecule has 102 valence electrons. The molecule has 1 unspecified atom stereocenters. The number of carboxylic acids is 1. The highest BCUT2D eigenvalue weighted by Crippen LogP contribution is 2.48. The number of amides is 1. The number of anilines is 1. The molecule has 0 aromatic heterocycles. The topological polar surface area (TPSA) is 75.6 Å². The summed E-state index contributed by atoms with van der Waals surface area (Å²) in [5.74, 6) is -1.01. The summed E-state index contributed by atoms with van der Waals surface area (Å²) in [7, 11) is 1.47. The van der Waals surface area contributed by atoms with Gasteiger partial charge >= 0.3 is 5.97 Å². The van der Waals surface area contributed by atoms with Gasteiger partial charge in [-0.1, -0.05) is 12.1 Å². The number of rotatable bonds is 5. The van der Waals surface area contributed by atoms with Crippen LogP contribution in [0.25, 0.3) is 0 Å². The molecule has 0 saturated heterocycles. The number of hydrogen-bond donors (Lipinski definition) is 2. The summed E-state index contributed by atoms with van der Waals surface area (Å²) in [4.78, 5) is 22.8. The van der Waals surface area contributed by atoms with Crippen molar-refractivity contribution in [1.29, 1.82) is 0 Å². The molecule has 2 N–H and O–H groups in total. The van der Waals surface area contributed by atoms with Gasteiger partial charge in [0.05, 0.1) is 5.41 Å². The number of ether oxygens (including phenoxy) is 1. The predicted molar refractivity (Wildman–Crippen MR) is 70.1 cm³/mol. The summed E-state index contributed by atoms with van der Waals surface area (Å²) in [6.45, 7) is 1.66. The van der Waals surface area contributed by atoms with Gasteiger partial charge in [-0.05, 0) is 37.5 Å². The van der Waals surface area contributed by atoms with Crippen molar-refractivity contribution >= 4 is 17.6 Å². The Bertz CT molecular complexity index is 491. The van der Waals surface area contributed by atoms with Crippen molar-refractivity contribution in [3.63, 3.8) is 0 Å². The maximum atomic E-state index is 11.6. The van der Waals surface area contributed by atoms with E-state index in [9.17, 15) is 14.7 Å². The molecule has 0 aliphatic heterocycles. The third kappa shape index (κ3) is 2.61. The van der Waals surface area contributed by atoms with Crippen LogP contribution in [0.4, 0.5) is 5.69 Å². The van der Waals surface area contributed by atoms with Crippen molar-refractivity contribution in [2.75, 3.05) is 12.4 Å². The summed E-state index contributed by atoms with van der Waals surface area (Å²) in [5, 5.41) is 11.9. The van der Waals surface area contributed by atoms with Crippen molar-refractivity contribution in [1.82, 2.24) is 0 Å². The molecule has 0 radical (unpaired) electrons. The third-order valence-corrected chi connectivity index (χ3v) is 3.59. The maximum Gasteiger partial charge on any atom is 0.314 e. The monoisotopic (exact) mass is 263 g/mol. The fourth-order valence-electron chi connectivity index (χ4n) is 1.97. The molecule has 1 saturated carbocycles. The lowest BCUT2D eigenvalue weighted by atomic mass is 9.96. The molecule has 19 heavy (non-hydrogen) atoms. The minimum atomic E-state index is -0.780. The molecule has 1 amide bonds. The van der Waals surface area contributed by atoms with Crippen molar-refractivity contribution in [2.45, 2.75) is 31.3 Å². The summed E-state index contributed by atoms with van der Waals surface area (Å²) >= 11 is 0. The molecule has 5 nitrogen and oxygen atoms in total. The average molecular weight is 263 g/mol. The van der Waals surface area contributed by atoms with E-state index in [1.54, 1.807) is 31.2 Å². The van der Waals surface area contributed by atoms with E-state index in [1.807, 2.05) is 0 Å². The second-order valence-corrected chi connectivity index (χ2v) is 4.83. The number of benzene rings is 1. The largest absolute Gasteiger partial charge is 0.481 e. The summed E-state index contributed by atoms with van der Waals surface area (Å²) in [5.41, 5.74) is 0.721. The first-order valence-corrected chi connectivity index (χ1v) is 6.17. The van der Waals surface area contributed by atoms with Crippen LogP contribution in [0.5, 0.6) is 0 Å². The lowest BCUT2D eigenvalue weighted by Crippen LogP contribution is -2.26. The minimum Gasteiger partial charge on any atom is -0.481 e. The molecule has 0 spiro atoms. The van der Waals surface area contributed by atoms with Crippen LogP contribution in [-0.4, -0.2) is 30.2 Å². The molecule has 1 aromatic rings. The summed E-state index contributed by atoms with van der Waals surface area (Å²) in [6.07, 6.45) is 0.831. The van der Waals surface area contributed by atoms with Crippen LogP contribution in [0.2, 0.25) is 0 Å². The SMILES string of the molecule is COC(C)C(=O)Nc1ccc(C2(C(=O)O)CC2)cc1. The number of methoxy groups -OCH3 is 1. The molecule has 0 heterocycles. The summed E-state index contributed by atoms with van der Waals surface area (Å²) < 4.78 is 4.91. The van der Waals surface area contributed by atoms with Gasteiger partial charge in [-0.15, -0.1) is 0 Å². The Balaban J connectivity index is 2.07. The highest BCUT2D eigenvalue weighted by Gasteiger charge is 2.51. The van der Waals surface area contributed by atoms with E-state index >= 15 is 0 Å². The zero-order valence-corrected chi connectivity index (χ0v) is 11.0. The molecule has 0 bridgehead atoms. The van der Waals surface area contributed by atoms with Crippen LogP contribution in [-0.2, 0) is 19.7 Å². The number of carboxylic acid groups (broad SMARTS) is 1. The van der Waals surface area contributed by atoms with Gasteiger partial charge in [0, 0.05) is 12.8 Å². The van der Waals surface area contributed by atoms with E-state index in [0.29, 0.717) is 18.5 Å². The Morgan fingerprint density at radius 1 is 1.32 bits per heavy atom. The van der Waals surface area contributed by atoms with Gasteiger partial charge in [0.1, 0.15) is 6.10 Å². The van der Waals surface area contributed by atoms with Crippen LogP contribution in [0, 0.1) is 0 Å². The molecular formula is C14H17NO4. The van der Waals surface area contributed by atoms with Crippen molar-refractivity contribution in [3.05, 3.63) is 29.8 Å². The zero-order valence-electron chi connectivity index (χ0n) is 11.0. The summed E-state index contributed by atoms with van der Waals surface area (Å²) in [6, 6.07) is 6.96. The molecule has 5 heteroatoms. The van der Waals surface area contributed by atoms with Crippen molar-refractivity contribution in [2.24, 2.45) is 0 Å². The van der Waals surface area contributed by atoms with Gasteiger partial charge in [0.25, 0.3) is 5.91 Å². The van der Waals surface area contributed by atoms with Crippen LogP contribution in [0.1, 0.15) is 25.3 Å². The Labute approximate surface area is 111 Å². The predicted octanol–water partition coefficient (Wildman–Crippen LogP) is 1.78. The first-order chi connectivity index (χ1) is 8.99. The van der Waals surface area contributed by atoms with Gasteiger partial charge in [-0.3, -0.25) is 9.59 Å². The zero-order chi connectivity index (χ0) is 14.0. The van der Waals surface area contributed by atoms with Gasteiger partial charge < -0.3 is 15.2 Å². The molecule has 1 aliphatic carbocycles. The second kappa shape index (κ2) is 5.01. The molecule has 1 aromatic carbocycles. The minimum absolute atomic E-state index is 0.227. The van der Waals surface area contributed by atoms with Crippen LogP contribution >= 0.6 is 0 Å². The van der Waals surface area contributed by atoms with E-state index in [1.165, 1.54) is 7.11 Å². The van der Waals surface area contributed by atoms with Crippen molar-refractivity contribution < 1.29 is 19.4 Å². The Morgan fingerprint density at radius 2 is 1.89 bits per heavy atom. The number of hydrogen-bond acceptors (Lipinski definition) is 3. The highest BCUT2D eigenvalue weighted by molar-refractivity contribution is 5.94. The molecule has 1 aliphatic rings. The Kier molecular flexibility index (Phi) is 3.57. The van der Waals surface area contributed by atoms with E-state index in [-0.39, 0.29) is 5.91 Å². The maximum absolute atomic E-state index is 11.6. The smallest absolute Gasteiger partial charge is 0.314 e. The van der Waals surface area contributed by atoms with E-state index in [2.05, 4.69) is 5.32 Å². The standard InChI is InChI=1S/C14H17NO4/c1-9(19-2)12(16)15-11-5-3-10(4-6-11)14(7-8-14)13(17)18/h3-6,9H,7-8H2,1-2H3,(H,15,16)(H,17,18). The molecule has 2 rings (SSSR count). The van der Waals surface area contributed by atoms with Crippen LogP contribution in [0.3, 0.4) is 0 Å². The Morgan fingerprint density at radius 3 is 2.32 bits per heavy atom. The average Bonchev–Trinajstić information content (AvgIpc) is 3.20. The third-order valence-electron chi connectivity index (χ3n) is 3.59. The highest BCUT2D eigenvalue weighted by atomic mass is 16.5. The molecule has 1 fully saturated rings. The number of carbonyl (C=O) groups excluding carboxylic acids is 1. The van der Waals surface area contributed by atoms with Gasteiger partial charge in [0.15, 0.2) is 0 Å². The van der Waals surface area contributed by atoms with E-state index < -0.39 is 17.5 Å². The van der Waals surface area contributed by atoms with Crippen molar-refractivity contribution in [3.8, 4) is 0 Å². The molecular weight excluding hydrogens is 246 g/mol. The number of nitrogens with one attached hydrogen (secondary N) is 1. The molecule has 1 atom stereocenters. The van der Waals surface area contributed by atoms with Crippen LogP contribution < -0.4 is 5.32 Å².